The van der Waals surface area contributed by atoms with E-state index < -0.39 is 0 Å². The molecule has 1 heterocycles. The average molecular weight is 256 g/mol. The summed E-state index contributed by atoms with van der Waals surface area (Å²) in [5.41, 5.74) is 3.56. The first kappa shape index (κ1) is 13.6. The van der Waals surface area contributed by atoms with Gasteiger partial charge in [0.25, 0.3) is 0 Å². The molecule has 0 aliphatic heterocycles. The molecule has 0 radical (unpaired) electrons. The molecule has 0 amide bonds. The van der Waals surface area contributed by atoms with Crippen LogP contribution in [0.5, 0.6) is 5.75 Å². The summed E-state index contributed by atoms with van der Waals surface area (Å²) >= 11 is 0. The third kappa shape index (κ3) is 2.93. The van der Waals surface area contributed by atoms with E-state index in [4.69, 9.17) is 4.74 Å². The van der Waals surface area contributed by atoms with Gasteiger partial charge < -0.3 is 10.1 Å². The minimum atomic E-state index is 0.106. The molecular formula is C16H20N2O. The molecule has 1 aromatic carbocycles. The van der Waals surface area contributed by atoms with Gasteiger partial charge >= 0.3 is 0 Å². The first-order chi connectivity index (χ1) is 9.27. The molecule has 0 spiro atoms. The van der Waals surface area contributed by atoms with Crippen molar-refractivity contribution in [2.45, 2.75) is 19.9 Å². The summed E-state index contributed by atoms with van der Waals surface area (Å²) in [6.07, 6.45) is 3.75. The van der Waals surface area contributed by atoms with E-state index in [1.165, 1.54) is 11.1 Å². The largest absolute Gasteiger partial charge is 0.496 e. The lowest BCUT2D eigenvalue weighted by Crippen LogP contribution is -2.23. The van der Waals surface area contributed by atoms with Gasteiger partial charge in [-0.2, -0.15) is 0 Å². The Hall–Kier alpha value is -1.87. The van der Waals surface area contributed by atoms with E-state index >= 15 is 0 Å². The van der Waals surface area contributed by atoms with Crippen LogP contribution in [0.1, 0.15) is 29.7 Å². The summed E-state index contributed by atoms with van der Waals surface area (Å²) in [5.74, 6) is 0.900. The van der Waals surface area contributed by atoms with Crippen molar-refractivity contribution in [3.63, 3.8) is 0 Å². The molecule has 100 valence electrons. The maximum Gasteiger partial charge on any atom is 0.123 e. The number of nitrogens with one attached hydrogen (secondary N) is 1. The Kier molecular flexibility index (Phi) is 4.53. The number of rotatable bonds is 5. The zero-order valence-corrected chi connectivity index (χ0v) is 11.7. The van der Waals surface area contributed by atoms with Crippen molar-refractivity contribution in [1.29, 1.82) is 0 Å². The van der Waals surface area contributed by atoms with Crippen LogP contribution in [-0.2, 0) is 0 Å². The van der Waals surface area contributed by atoms with E-state index in [0.717, 1.165) is 17.9 Å². The van der Waals surface area contributed by atoms with Crippen LogP contribution in [0.3, 0.4) is 0 Å². The number of pyridine rings is 1. The van der Waals surface area contributed by atoms with Gasteiger partial charge in [0, 0.05) is 18.0 Å². The lowest BCUT2D eigenvalue weighted by atomic mass is 9.96. The predicted molar refractivity (Wildman–Crippen MR) is 77.5 cm³/mol. The number of nitrogens with zero attached hydrogens (tertiary/aromatic N) is 1. The fraction of sp³-hybridized carbons (Fsp3) is 0.312. The zero-order valence-electron chi connectivity index (χ0n) is 11.7. The molecule has 1 aromatic heterocycles. The summed E-state index contributed by atoms with van der Waals surface area (Å²) in [5, 5.41) is 3.51. The highest BCUT2D eigenvalue weighted by Crippen LogP contribution is 2.30. The van der Waals surface area contributed by atoms with Gasteiger partial charge in [-0.25, -0.2) is 0 Å². The van der Waals surface area contributed by atoms with Gasteiger partial charge in [0.2, 0.25) is 0 Å². The quantitative estimate of drug-likeness (QED) is 0.892. The third-order valence-corrected chi connectivity index (χ3v) is 3.25. The number of para-hydroxylation sites is 1. The fourth-order valence-corrected chi connectivity index (χ4v) is 2.27. The van der Waals surface area contributed by atoms with Crippen molar-refractivity contribution in [2.24, 2.45) is 0 Å². The smallest absolute Gasteiger partial charge is 0.123 e. The van der Waals surface area contributed by atoms with Gasteiger partial charge in [-0.05, 0) is 36.7 Å². The Bertz CT molecular complexity index is 540. The van der Waals surface area contributed by atoms with Gasteiger partial charge in [-0.3, -0.25) is 4.98 Å². The van der Waals surface area contributed by atoms with Crippen LogP contribution in [0.4, 0.5) is 0 Å². The number of aryl methyl sites for hydroxylation is 1. The Labute approximate surface area is 114 Å². The number of ether oxygens (including phenoxy) is 1. The molecule has 2 rings (SSSR count). The molecule has 0 aliphatic carbocycles. The van der Waals surface area contributed by atoms with E-state index in [1.807, 2.05) is 36.7 Å². The first-order valence-electron chi connectivity index (χ1n) is 6.54. The molecule has 3 nitrogen and oxygen atoms in total. The van der Waals surface area contributed by atoms with Crippen molar-refractivity contribution in [3.8, 4) is 5.75 Å². The van der Waals surface area contributed by atoms with Crippen molar-refractivity contribution in [3.05, 3.63) is 59.4 Å². The number of methoxy groups -OCH3 is 1. The van der Waals surface area contributed by atoms with Crippen molar-refractivity contribution in [2.75, 3.05) is 13.7 Å². The molecule has 1 N–H and O–H groups in total. The molecule has 1 atom stereocenters. The van der Waals surface area contributed by atoms with E-state index in [1.54, 1.807) is 7.11 Å². The molecule has 0 fully saturated rings. The molecular weight excluding hydrogens is 236 g/mol. The SMILES string of the molecule is CCNC(c1cnccc1C)c1ccccc1OC. The fourth-order valence-electron chi connectivity index (χ4n) is 2.27. The Morgan fingerprint density at radius 3 is 2.68 bits per heavy atom. The molecule has 2 aromatic rings. The minimum Gasteiger partial charge on any atom is -0.496 e. The van der Waals surface area contributed by atoms with Crippen LogP contribution >= 0.6 is 0 Å². The van der Waals surface area contributed by atoms with Crippen LogP contribution in [0.25, 0.3) is 0 Å². The summed E-state index contributed by atoms with van der Waals surface area (Å²) in [6.45, 7) is 5.10. The number of hydrogen-bond donors (Lipinski definition) is 1. The van der Waals surface area contributed by atoms with Crippen molar-refractivity contribution in [1.82, 2.24) is 10.3 Å². The number of benzene rings is 1. The second-order valence-electron chi connectivity index (χ2n) is 4.46. The van der Waals surface area contributed by atoms with Crippen LogP contribution in [-0.4, -0.2) is 18.6 Å². The van der Waals surface area contributed by atoms with Gasteiger partial charge in [0.15, 0.2) is 0 Å². The molecule has 0 saturated heterocycles. The lowest BCUT2D eigenvalue weighted by molar-refractivity contribution is 0.404. The molecule has 3 heteroatoms. The summed E-state index contributed by atoms with van der Waals surface area (Å²) in [6, 6.07) is 10.3. The standard InChI is InChI=1S/C16H20N2O/c1-4-18-16(14-11-17-10-9-12(14)2)13-7-5-6-8-15(13)19-3/h5-11,16,18H,4H2,1-3H3. The normalized spacial score (nSPS) is 12.2. The highest BCUT2D eigenvalue weighted by atomic mass is 16.5. The first-order valence-corrected chi connectivity index (χ1v) is 6.54. The third-order valence-electron chi connectivity index (χ3n) is 3.25. The van der Waals surface area contributed by atoms with E-state index in [0.29, 0.717) is 0 Å². The van der Waals surface area contributed by atoms with E-state index in [9.17, 15) is 0 Å². The monoisotopic (exact) mass is 256 g/mol. The predicted octanol–water partition coefficient (Wildman–Crippen LogP) is 3.10. The molecule has 0 saturated carbocycles. The molecule has 19 heavy (non-hydrogen) atoms. The van der Waals surface area contributed by atoms with Crippen LogP contribution in [0.15, 0.2) is 42.7 Å². The second-order valence-corrected chi connectivity index (χ2v) is 4.46. The van der Waals surface area contributed by atoms with Crippen molar-refractivity contribution < 1.29 is 4.74 Å². The van der Waals surface area contributed by atoms with Gasteiger partial charge in [-0.1, -0.05) is 25.1 Å². The average Bonchev–Trinajstić information content (AvgIpc) is 2.46. The number of aromatic nitrogens is 1. The Morgan fingerprint density at radius 1 is 1.21 bits per heavy atom. The highest BCUT2D eigenvalue weighted by molar-refractivity contribution is 5.42. The molecule has 0 bridgehead atoms. The highest BCUT2D eigenvalue weighted by Gasteiger charge is 2.18. The number of hydrogen-bond acceptors (Lipinski definition) is 3. The van der Waals surface area contributed by atoms with Crippen LogP contribution in [0.2, 0.25) is 0 Å². The van der Waals surface area contributed by atoms with E-state index in [2.05, 4.69) is 30.2 Å². The second kappa shape index (κ2) is 6.34. The van der Waals surface area contributed by atoms with E-state index in [-0.39, 0.29) is 6.04 Å². The van der Waals surface area contributed by atoms with Crippen molar-refractivity contribution >= 4 is 0 Å². The Morgan fingerprint density at radius 2 is 2.00 bits per heavy atom. The van der Waals surface area contributed by atoms with Gasteiger partial charge in [0.1, 0.15) is 5.75 Å². The lowest BCUT2D eigenvalue weighted by Gasteiger charge is -2.22. The van der Waals surface area contributed by atoms with Crippen LogP contribution < -0.4 is 10.1 Å². The Balaban J connectivity index is 2.49. The van der Waals surface area contributed by atoms with Gasteiger partial charge in [0.05, 0.1) is 13.2 Å². The maximum absolute atomic E-state index is 5.47. The summed E-state index contributed by atoms with van der Waals surface area (Å²) < 4.78 is 5.47. The summed E-state index contributed by atoms with van der Waals surface area (Å²) in [7, 11) is 1.71. The topological polar surface area (TPSA) is 34.2 Å². The molecule has 1 unspecified atom stereocenters. The zero-order chi connectivity index (χ0) is 13.7. The summed E-state index contributed by atoms with van der Waals surface area (Å²) in [4.78, 5) is 4.25. The minimum absolute atomic E-state index is 0.106. The molecule has 0 aliphatic rings. The maximum atomic E-state index is 5.47. The van der Waals surface area contributed by atoms with Gasteiger partial charge in [-0.15, -0.1) is 0 Å². The van der Waals surface area contributed by atoms with Crippen LogP contribution in [0, 0.1) is 6.92 Å².